The zero-order chi connectivity index (χ0) is 22.4. The van der Waals surface area contributed by atoms with Crippen LogP contribution in [0, 0.1) is 11.8 Å². The number of piperidine rings is 1. The van der Waals surface area contributed by atoms with E-state index >= 15 is 0 Å². The fourth-order valence-electron chi connectivity index (χ4n) is 3.80. The van der Waals surface area contributed by atoms with E-state index in [-0.39, 0.29) is 22.3 Å². The Hall–Kier alpha value is -2.71. The van der Waals surface area contributed by atoms with E-state index in [1.54, 1.807) is 0 Å². The molecule has 1 amide bonds. The monoisotopic (exact) mass is 444 g/mol. The molecule has 2 aromatic carbocycles. The molecule has 8 heteroatoms. The third kappa shape index (κ3) is 6.15. The van der Waals surface area contributed by atoms with Gasteiger partial charge in [0.2, 0.25) is 10.0 Å². The second-order valence-corrected chi connectivity index (χ2v) is 10.1. The maximum atomic E-state index is 13.0. The van der Waals surface area contributed by atoms with Crippen molar-refractivity contribution < 1.29 is 22.7 Å². The van der Waals surface area contributed by atoms with Crippen molar-refractivity contribution in [3.63, 3.8) is 0 Å². The lowest BCUT2D eigenvalue weighted by atomic mass is 9.94. The first-order chi connectivity index (χ1) is 14.8. The summed E-state index contributed by atoms with van der Waals surface area (Å²) >= 11 is 0. The Bertz CT molecular complexity index is 1010. The van der Waals surface area contributed by atoms with Gasteiger partial charge in [-0.2, -0.15) is 4.31 Å². The van der Waals surface area contributed by atoms with Crippen molar-refractivity contribution in [1.29, 1.82) is 0 Å². The van der Waals surface area contributed by atoms with Gasteiger partial charge in [-0.05, 0) is 42.0 Å². The summed E-state index contributed by atoms with van der Waals surface area (Å²) < 4.78 is 32.6. The highest BCUT2D eigenvalue weighted by atomic mass is 32.2. The molecule has 1 fully saturated rings. The van der Waals surface area contributed by atoms with E-state index in [9.17, 15) is 18.0 Å². The van der Waals surface area contributed by atoms with Crippen LogP contribution in [0.3, 0.4) is 0 Å². The molecule has 2 atom stereocenters. The van der Waals surface area contributed by atoms with Crippen molar-refractivity contribution in [1.82, 2.24) is 9.62 Å². The fraction of sp³-hybridized carbons (Fsp3) is 0.391. The number of nitrogens with zero attached hydrogens (tertiary/aromatic N) is 1. The second-order valence-electron chi connectivity index (χ2n) is 8.13. The number of esters is 1. The first-order valence-electron chi connectivity index (χ1n) is 10.3. The Morgan fingerprint density at radius 2 is 1.71 bits per heavy atom. The number of sulfonamides is 1. The Labute approximate surface area is 183 Å². The molecule has 1 heterocycles. The molecule has 7 nitrogen and oxygen atoms in total. The van der Waals surface area contributed by atoms with Gasteiger partial charge in [-0.3, -0.25) is 4.79 Å². The Kier molecular flexibility index (Phi) is 7.46. The van der Waals surface area contributed by atoms with Gasteiger partial charge in [-0.1, -0.05) is 50.2 Å². The van der Waals surface area contributed by atoms with Crippen molar-refractivity contribution in [3.8, 4) is 0 Å². The number of carbonyl (C=O) groups is 2. The molecule has 31 heavy (non-hydrogen) atoms. The lowest BCUT2D eigenvalue weighted by molar-refractivity contribution is -0.124. The first-order valence-corrected chi connectivity index (χ1v) is 11.8. The van der Waals surface area contributed by atoms with Crippen LogP contribution in [0.4, 0.5) is 0 Å². The van der Waals surface area contributed by atoms with E-state index in [0.29, 0.717) is 19.6 Å². The van der Waals surface area contributed by atoms with Gasteiger partial charge < -0.3 is 10.1 Å². The number of nitrogens with one attached hydrogen (secondary N) is 1. The SMILES string of the molecule is C[C@H]1C[C@H](C)CN(S(=O)(=O)c2cccc(C(=O)OCC(=O)NCc3ccccc3)c2)C1. The molecule has 2 aromatic rings. The number of rotatable bonds is 7. The molecular formula is C23H28N2O5S. The fourth-order valence-corrected chi connectivity index (χ4v) is 5.52. The number of hydrogen-bond donors (Lipinski definition) is 1. The van der Waals surface area contributed by atoms with Gasteiger partial charge >= 0.3 is 5.97 Å². The zero-order valence-electron chi connectivity index (χ0n) is 17.8. The molecule has 1 N–H and O–H groups in total. The topological polar surface area (TPSA) is 92.8 Å². The normalized spacial score (nSPS) is 19.5. The highest BCUT2D eigenvalue weighted by Crippen LogP contribution is 2.27. The largest absolute Gasteiger partial charge is 0.452 e. The van der Waals surface area contributed by atoms with Gasteiger partial charge in [-0.15, -0.1) is 0 Å². The predicted molar refractivity (Wildman–Crippen MR) is 117 cm³/mol. The van der Waals surface area contributed by atoms with Crippen LogP contribution in [0.1, 0.15) is 36.2 Å². The molecule has 1 saturated heterocycles. The molecule has 0 unspecified atom stereocenters. The van der Waals surface area contributed by atoms with E-state index in [4.69, 9.17) is 4.74 Å². The molecular weight excluding hydrogens is 416 g/mol. The highest BCUT2D eigenvalue weighted by molar-refractivity contribution is 7.89. The van der Waals surface area contributed by atoms with Gasteiger partial charge in [0.25, 0.3) is 5.91 Å². The molecule has 166 valence electrons. The van der Waals surface area contributed by atoms with Crippen molar-refractivity contribution in [2.45, 2.75) is 31.7 Å². The van der Waals surface area contributed by atoms with Crippen molar-refractivity contribution in [2.75, 3.05) is 19.7 Å². The van der Waals surface area contributed by atoms with Crippen LogP contribution < -0.4 is 5.32 Å². The number of amides is 1. The number of ether oxygens (including phenoxy) is 1. The predicted octanol–water partition coefficient (Wildman–Crippen LogP) is 2.83. The van der Waals surface area contributed by atoms with Gasteiger partial charge in [0.15, 0.2) is 6.61 Å². The van der Waals surface area contributed by atoms with Crippen LogP contribution in [0.2, 0.25) is 0 Å². The van der Waals surface area contributed by atoms with E-state index < -0.39 is 28.5 Å². The smallest absolute Gasteiger partial charge is 0.338 e. The molecule has 3 rings (SSSR count). The minimum absolute atomic E-state index is 0.0526. The van der Waals surface area contributed by atoms with Crippen molar-refractivity contribution in [3.05, 3.63) is 65.7 Å². The van der Waals surface area contributed by atoms with Gasteiger partial charge in [0.05, 0.1) is 10.5 Å². The molecule has 0 bridgehead atoms. The van der Waals surface area contributed by atoms with E-state index in [0.717, 1.165) is 12.0 Å². The van der Waals surface area contributed by atoms with Gasteiger partial charge in [0, 0.05) is 19.6 Å². The van der Waals surface area contributed by atoms with Gasteiger partial charge in [0.1, 0.15) is 0 Å². The molecule has 0 saturated carbocycles. The average Bonchev–Trinajstić information content (AvgIpc) is 2.76. The van der Waals surface area contributed by atoms with Crippen LogP contribution in [0.5, 0.6) is 0 Å². The highest BCUT2D eigenvalue weighted by Gasteiger charge is 2.32. The molecule has 0 aromatic heterocycles. The van der Waals surface area contributed by atoms with Crippen molar-refractivity contribution in [2.24, 2.45) is 11.8 Å². The van der Waals surface area contributed by atoms with Crippen LogP contribution in [0.15, 0.2) is 59.5 Å². The summed E-state index contributed by atoms with van der Waals surface area (Å²) in [5.41, 5.74) is 1.02. The van der Waals surface area contributed by atoms with Crippen LogP contribution in [-0.2, 0) is 26.1 Å². The molecule has 1 aliphatic rings. The summed E-state index contributed by atoms with van der Waals surface area (Å²) in [5, 5.41) is 2.67. The molecule has 0 aliphatic carbocycles. The lowest BCUT2D eigenvalue weighted by Gasteiger charge is -2.34. The number of carbonyl (C=O) groups excluding carboxylic acids is 2. The Morgan fingerprint density at radius 1 is 1.03 bits per heavy atom. The maximum absolute atomic E-state index is 13.0. The van der Waals surface area contributed by atoms with Crippen LogP contribution in [-0.4, -0.2) is 44.3 Å². The Balaban J connectivity index is 1.60. The van der Waals surface area contributed by atoms with Crippen molar-refractivity contribution >= 4 is 21.9 Å². The van der Waals surface area contributed by atoms with E-state index in [1.165, 1.54) is 28.6 Å². The lowest BCUT2D eigenvalue weighted by Crippen LogP contribution is -2.42. The third-order valence-corrected chi connectivity index (χ3v) is 7.04. The summed E-state index contributed by atoms with van der Waals surface area (Å²) in [4.78, 5) is 24.4. The summed E-state index contributed by atoms with van der Waals surface area (Å²) in [6.07, 6.45) is 0.991. The van der Waals surface area contributed by atoms with Crippen LogP contribution >= 0.6 is 0 Å². The maximum Gasteiger partial charge on any atom is 0.338 e. The summed E-state index contributed by atoms with van der Waals surface area (Å²) in [6, 6.07) is 15.1. The molecule has 1 aliphatic heterocycles. The minimum Gasteiger partial charge on any atom is -0.452 e. The minimum atomic E-state index is -3.71. The summed E-state index contributed by atoms with van der Waals surface area (Å²) in [5.74, 6) is -0.619. The first kappa shape index (κ1) is 23.0. The molecule has 0 radical (unpaired) electrons. The summed E-state index contributed by atoms with van der Waals surface area (Å²) in [7, 11) is -3.71. The Morgan fingerprint density at radius 3 is 2.39 bits per heavy atom. The number of hydrogen-bond acceptors (Lipinski definition) is 5. The summed E-state index contributed by atoms with van der Waals surface area (Å²) in [6.45, 7) is 4.89. The average molecular weight is 445 g/mol. The standard InChI is InChI=1S/C23H28N2O5S/c1-17-11-18(2)15-25(14-17)31(28,29)21-10-6-9-20(12-21)23(27)30-16-22(26)24-13-19-7-4-3-5-8-19/h3-10,12,17-18H,11,13-16H2,1-2H3,(H,24,26)/t17-,18-/m0/s1. The second kappa shape index (κ2) is 10.1. The van der Waals surface area contributed by atoms with E-state index in [1.807, 2.05) is 44.2 Å². The van der Waals surface area contributed by atoms with Crippen LogP contribution in [0.25, 0.3) is 0 Å². The number of benzene rings is 2. The zero-order valence-corrected chi connectivity index (χ0v) is 18.6. The van der Waals surface area contributed by atoms with E-state index in [2.05, 4.69) is 5.32 Å². The van der Waals surface area contributed by atoms with Gasteiger partial charge in [-0.25, -0.2) is 13.2 Å². The quantitative estimate of drug-likeness (QED) is 0.663. The molecule has 0 spiro atoms. The third-order valence-electron chi connectivity index (χ3n) is 5.21.